The quantitative estimate of drug-likeness (QED) is 0.634. The Balaban J connectivity index is 3.16. The predicted octanol–water partition coefficient (Wildman–Crippen LogP) is 0.867. The second-order valence-electron chi connectivity index (χ2n) is 3.60. The van der Waals surface area contributed by atoms with Gasteiger partial charge in [0.2, 0.25) is 0 Å². The first-order chi connectivity index (χ1) is 5.97. The Hall–Kier alpha value is -1.06. The molecule has 0 bridgehead atoms. The van der Waals surface area contributed by atoms with Gasteiger partial charge in [0.25, 0.3) is 0 Å². The van der Waals surface area contributed by atoms with Crippen LogP contribution in [0.3, 0.4) is 0 Å². The molecule has 1 aromatic rings. The van der Waals surface area contributed by atoms with Gasteiger partial charge in [-0.1, -0.05) is 12.1 Å². The van der Waals surface area contributed by atoms with Crippen LogP contribution in [0.2, 0.25) is 0 Å². The Bertz CT molecular complexity index is 308. The SMILES string of the molecule is Cc1ccc([C@@](C)(N)CO)c(O)c1. The van der Waals surface area contributed by atoms with E-state index >= 15 is 0 Å². The van der Waals surface area contributed by atoms with Gasteiger partial charge in [-0.25, -0.2) is 0 Å². The summed E-state index contributed by atoms with van der Waals surface area (Å²) in [7, 11) is 0. The largest absolute Gasteiger partial charge is 0.508 e. The molecule has 1 atom stereocenters. The number of benzene rings is 1. The van der Waals surface area contributed by atoms with Crippen LogP contribution in [0.25, 0.3) is 0 Å². The molecular weight excluding hydrogens is 166 g/mol. The summed E-state index contributed by atoms with van der Waals surface area (Å²) in [5, 5.41) is 18.6. The van der Waals surface area contributed by atoms with E-state index in [1.807, 2.05) is 13.0 Å². The lowest BCUT2D eigenvalue weighted by Gasteiger charge is -2.23. The topological polar surface area (TPSA) is 66.5 Å². The summed E-state index contributed by atoms with van der Waals surface area (Å²) in [6, 6.07) is 5.23. The summed E-state index contributed by atoms with van der Waals surface area (Å²) < 4.78 is 0. The number of hydrogen-bond donors (Lipinski definition) is 3. The zero-order valence-electron chi connectivity index (χ0n) is 7.91. The monoisotopic (exact) mass is 181 g/mol. The highest BCUT2D eigenvalue weighted by molar-refractivity contribution is 5.40. The number of aromatic hydroxyl groups is 1. The van der Waals surface area contributed by atoms with E-state index in [0.717, 1.165) is 5.56 Å². The molecule has 0 aliphatic rings. The Morgan fingerprint density at radius 3 is 2.54 bits per heavy atom. The van der Waals surface area contributed by atoms with Gasteiger partial charge in [-0.3, -0.25) is 0 Å². The lowest BCUT2D eigenvalue weighted by Crippen LogP contribution is -2.36. The molecule has 72 valence electrons. The van der Waals surface area contributed by atoms with Crippen LogP contribution in [0.5, 0.6) is 5.75 Å². The molecule has 0 saturated heterocycles. The standard InChI is InChI=1S/C10H15NO2/c1-7-3-4-8(9(13)5-7)10(2,11)6-12/h3-5,12-13H,6,11H2,1-2H3/t10-/m0/s1. The van der Waals surface area contributed by atoms with Gasteiger partial charge in [-0.05, 0) is 25.5 Å². The number of aryl methyl sites for hydroxylation is 1. The van der Waals surface area contributed by atoms with Crippen molar-refractivity contribution in [2.75, 3.05) is 6.61 Å². The van der Waals surface area contributed by atoms with Gasteiger partial charge in [0.1, 0.15) is 5.75 Å². The number of nitrogens with two attached hydrogens (primary N) is 1. The lowest BCUT2D eigenvalue weighted by molar-refractivity contribution is 0.207. The van der Waals surface area contributed by atoms with E-state index in [1.165, 1.54) is 0 Å². The maximum Gasteiger partial charge on any atom is 0.120 e. The molecule has 0 radical (unpaired) electrons. The molecule has 3 heteroatoms. The molecule has 0 saturated carbocycles. The first kappa shape index (κ1) is 10.0. The Morgan fingerprint density at radius 1 is 1.46 bits per heavy atom. The molecule has 1 aromatic carbocycles. The second kappa shape index (κ2) is 3.36. The zero-order chi connectivity index (χ0) is 10.1. The minimum Gasteiger partial charge on any atom is -0.508 e. The third kappa shape index (κ3) is 1.99. The number of rotatable bonds is 2. The van der Waals surface area contributed by atoms with Crippen molar-refractivity contribution in [1.29, 1.82) is 0 Å². The number of phenolic OH excluding ortho intramolecular Hbond substituents is 1. The van der Waals surface area contributed by atoms with Crippen LogP contribution in [-0.2, 0) is 5.54 Å². The first-order valence-electron chi connectivity index (χ1n) is 4.17. The number of aliphatic hydroxyl groups is 1. The van der Waals surface area contributed by atoms with Crippen molar-refractivity contribution in [1.82, 2.24) is 0 Å². The van der Waals surface area contributed by atoms with Gasteiger partial charge in [0, 0.05) is 5.56 Å². The van der Waals surface area contributed by atoms with Crippen LogP contribution in [0.15, 0.2) is 18.2 Å². The van der Waals surface area contributed by atoms with Gasteiger partial charge < -0.3 is 15.9 Å². The molecule has 0 spiro atoms. The van der Waals surface area contributed by atoms with E-state index in [1.54, 1.807) is 19.1 Å². The first-order valence-corrected chi connectivity index (χ1v) is 4.17. The summed E-state index contributed by atoms with van der Waals surface area (Å²) >= 11 is 0. The predicted molar refractivity (Wildman–Crippen MR) is 51.5 cm³/mol. The fourth-order valence-electron chi connectivity index (χ4n) is 1.21. The van der Waals surface area contributed by atoms with Crippen molar-refractivity contribution in [3.8, 4) is 5.75 Å². The zero-order valence-corrected chi connectivity index (χ0v) is 7.91. The van der Waals surface area contributed by atoms with E-state index in [4.69, 9.17) is 10.8 Å². The number of aliphatic hydroxyl groups excluding tert-OH is 1. The van der Waals surface area contributed by atoms with Crippen LogP contribution < -0.4 is 5.73 Å². The van der Waals surface area contributed by atoms with E-state index in [2.05, 4.69) is 0 Å². The normalized spacial score (nSPS) is 15.4. The highest BCUT2D eigenvalue weighted by atomic mass is 16.3. The van der Waals surface area contributed by atoms with E-state index in [9.17, 15) is 5.11 Å². The van der Waals surface area contributed by atoms with Crippen molar-refractivity contribution >= 4 is 0 Å². The van der Waals surface area contributed by atoms with Gasteiger partial charge in [-0.2, -0.15) is 0 Å². The molecule has 0 heterocycles. The highest BCUT2D eigenvalue weighted by Gasteiger charge is 2.23. The summed E-state index contributed by atoms with van der Waals surface area (Å²) in [4.78, 5) is 0. The molecule has 0 unspecified atom stereocenters. The van der Waals surface area contributed by atoms with Crippen molar-refractivity contribution in [3.63, 3.8) is 0 Å². The van der Waals surface area contributed by atoms with Gasteiger partial charge >= 0.3 is 0 Å². The minimum atomic E-state index is -0.877. The Morgan fingerprint density at radius 2 is 2.08 bits per heavy atom. The fraction of sp³-hybridized carbons (Fsp3) is 0.400. The molecule has 0 aliphatic carbocycles. The van der Waals surface area contributed by atoms with E-state index < -0.39 is 5.54 Å². The van der Waals surface area contributed by atoms with Crippen molar-refractivity contribution in [2.45, 2.75) is 19.4 Å². The molecule has 3 nitrogen and oxygen atoms in total. The van der Waals surface area contributed by atoms with Crippen molar-refractivity contribution in [3.05, 3.63) is 29.3 Å². The summed E-state index contributed by atoms with van der Waals surface area (Å²) in [6.07, 6.45) is 0. The van der Waals surface area contributed by atoms with Crippen LogP contribution in [0.4, 0.5) is 0 Å². The van der Waals surface area contributed by atoms with E-state index in [-0.39, 0.29) is 12.4 Å². The van der Waals surface area contributed by atoms with Crippen LogP contribution in [-0.4, -0.2) is 16.8 Å². The summed E-state index contributed by atoms with van der Waals surface area (Å²) in [5.41, 5.74) is 6.44. The summed E-state index contributed by atoms with van der Waals surface area (Å²) in [5.74, 6) is 0.138. The molecule has 1 rings (SSSR count). The molecule has 0 amide bonds. The Kier molecular flexibility index (Phi) is 2.59. The van der Waals surface area contributed by atoms with Crippen molar-refractivity contribution in [2.24, 2.45) is 5.73 Å². The minimum absolute atomic E-state index is 0.138. The fourth-order valence-corrected chi connectivity index (χ4v) is 1.21. The molecule has 4 N–H and O–H groups in total. The average molecular weight is 181 g/mol. The second-order valence-corrected chi connectivity index (χ2v) is 3.60. The number of hydrogen-bond acceptors (Lipinski definition) is 3. The molecule has 0 aliphatic heterocycles. The molecule has 0 fully saturated rings. The van der Waals surface area contributed by atoms with Crippen LogP contribution in [0.1, 0.15) is 18.1 Å². The van der Waals surface area contributed by atoms with E-state index in [0.29, 0.717) is 5.56 Å². The smallest absolute Gasteiger partial charge is 0.120 e. The number of phenols is 1. The van der Waals surface area contributed by atoms with Gasteiger partial charge in [0.15, 0.2) is 0 Å². The maximum atomic E-state index is 9.57. The third-order valence-corrected chi connectivity index (χ3v) is 2.10. The summed E-state index contributed by atoms with van der Waals surface area (Å²) in [6.45, 7) is 3.37. The van der Waals surface area contributed by atoms with Crippen LogP contribution in [0, 0.1) is 6.92 Å². The molecular formula is C10H15NO2. The Labute approximate surface area is 77.8 Å². The average Bonchev–Trinajstić information content (AvgIpc) is 2.03. The van der Waals surface area contributed by atoms with Gasteiger partial charge in [-0.15, -0.1) is 0 Å². The van der Waals surface area contributed by atoms with Crippen LogP contribution >= 0.6 is 0 Å². The molecule has 0 aromatic heterocycles. The molecule has 13 heavy (non-hydrogen) atoms. The highest BCUT2D eigenvalue weighted by Crippen LogP contribution is 2.27. The van der Waals surface area contributed by atoms with Crippen molar-refractivity contribution < 1.29 is 10.2 Å². The van der Waals surface area contributed by atoms with Gasteiger partial charge in [0.05, 0.1) is 12.1 Å². The lowest BCUT2D eigenvalue weighted by atomic mass is 9.92. The third-order valence-electron chi connectivity index (χ3n) is 2.10. The maximum absolute atomic E-state index is 9.57.